The molecular weight excluding hydrogens is 361 g/mol. The third kappa shape index (κ3) is 3.89. The first-order chi connectivity index (χ1) is 9.47. The van der Waals surface area contributed by atoms with Crippen LogP contribution in [0.25, 0.3) is 0 Å². The second kappa shape index (κ2) is 6.81. The summed E-state index contributed by atoms with van der Waals surface area (Å²) in [6.07, 6.45) is 0.653. The molecule has 0 aliphatic rings. The van der Waals surface area contributed by atoms with E-state index in [2.05, 4.69) is 15.9 Å². The van der Waals surface area contributed by atoms with E-state index in [9.17, 15) is 0 Å². The normalized spacial score (nSPS) is 12.2. The number of hydrogen-bond acceptors (Lipinski definition) is 2. The van der Waals surface area contributed by atoms with Crippen molar-refractivity contribution in [3.8, 4) is 11.5 Å². The molecule has 106 valence electrons. The van der Waals surface area contributed by atoms with E-state index in [1.165, 1.54) is 0 Å². The highest BCUT2D eigenvalue weighted by atomic mass is 79.9. The maximum atomic E-state index is 6.24. The predicted octanol–water partition coefficient (Wildman–Crippen LogP) is 5.44. The summed E-state index contributed by atoms with van der Waals surface area (Å²) in [5.74, 6) is 1.39. The summed E-state index contributed by atoms with van der Waals surface area (Å²) in [7, 11) is 0. The standard InChI is InChI=1S/C15H14BrCl2NO/c1-9(19)7-11-13(18)3-2-4-14(11)20-15-6-5-10(17)8-12(15)16/h2-6,8-9H,7,19H2,1H3. The monoisotopic (exact) mass is 373 g/mol. The average molecular weight is 375 g/mol. The van der Waals surface area contributed by atoms with Crippen LogP contribution in [-0.4, -0.2) is 6.04 Å². The van der Waals surface area contributed by atoms with Crippen molar-refractivity contribution in [2.45, 2.75) is 19.4 Å². The zero-order chi connectivity index (χ0) is 14.7. The average Bonchev–Trinajstić information content (AvgIpc) is 2.36. The van der Waals surface area contributed by atoms with Crippen molar-refractivity contribution in [2.75, 3.05) is 0 Å². The van der Waals surface area contributed by atoms with Crippen LogP contribution in [0.3, 0.4) is 0 Å². The Hall–Kier alpha value is -0.740. The van der Waals surface area contributed by atoms with Gasteiger partial charge in [0.15, 0.2) is 0 Å². The highest BCUT2D eigenvalue weighted by molar-refractivity contribution is 9.10. The Bertz CT molecular complexity index is 617. The Balaban J connectivity index is 2.35. The van der Waals surface area contributed by atoms with Crippen LogP contribution < -0.4 is 10.5 Å². The van der Waals surface area contributed by atoms with Crippen LogP contribution in [0, 0.1) is 0 Å². The molecular formula is C15H14BrCl2NO. The van der Waals surface area contributed by atoms with Crippen molar-refractivity contribution in [1.82, 2.24) is 0 Å². The van der Waals surface area contributed by atoms with E-state index >= 15 is 0 Å². The van der Waals surface area contributed by atoms with Crippen LogP contribution in [0.5, 0.6) is 11.5 Å². The molecule has 0 spiro atoms. The molecule has 0 aliphatic heterocycles. The lowest BCUT2D eigenvalue weighted by Crippen LogP contribution is -2.18. The molecule has 0 saturated heterocycles. The summed E-state index contributed by atoms with van der Waals surface area (Å²) in [5, 5.41) is 1.30. The number of benzene rings is 2. The first kappa shape index (κ1) is 15.6. The predicted molar refractivity (Wildman–Crippen MR) is 88.0 cm³/mol. The topological polar surface area (TPSA) is 35.2 Å². The summed E-state index contributed by atoms with van der Waals surface area (Å²) in [4.78, 5) is 0. The molecule has 1 unspecified atom stereocenters. The molecule has 2 N–H and O–H groups in total. The minimum Gasteiger partial charge on any atom is -0.456 e. The second-order valence-electron chi connectivity index (χ2n) is 4.57. The third-order valence-electron chi connectivity index (χ3n) is 2.72. The maximum absolute atomic E-state index is 6.24. The molecule has 0 saturated carbocycles. The van der Waals surface area contributed by atoms with Gasteiger partial charge in [0.25, 0.3) is 0 Å². The molecule has 0 fully saturated rings. The summed E-state index contributed by atoms with van der Waals surface area (Å²) in [5.41, 5.74) is 6.77. The van der Waals surface area contributed by atoms with Crippen molar-refractivity contribution in [2.24, 2.45) is 5.73 Å². The summed E-state index contributed by atoms with van der Waals surface area (Å²) in [6, 6.07) is 10.9. The molecule has 2 nitrogen and oxygen atoms in total. The van der Waals surface area contributed by atoms with Gasteiger partial charge in [0, 0.05) is 21.7 Å². The van der Waals surface area contributed by atoms with Gasteiger partial charge in [-0.1, -0.05) is 29.3 Å². The van der Waals surface area contributed by atoms with Gasteiger partial charge in [0.05, 0.1) is 4.47 Å². The van der Waals surface area contributed by atoms with Gasteiger partial charge in [-0.15, -0.1) is 0 Å². The lowest BCUT2D eigenvalue weighted by molar-refractivity contribution is 0.471. The minimum atomic E-state index is 0.00547. The Morgan fingerprint density at radius 3 is 2.60 bits per heavy atom. The van der Waals surface area contributed by atoms with Gasteiger partial charge >= 0.3 is 0 Å². The number of rotatable bonds is 4. The quantitative estimate of drug-likeness (QED) is 0.773. The van der Waals surface area contributed by atoms with Gasteiger partial charge in [0.1, 0.15) is 11.5 Å². The van der Waals surface area contributed by atoms with Gasteiger partial charge < -0.3 is 10.5 Å². The first-order valence-electron chi connectivity index (χ1n) is 6.13. The van der Waals surface area contributed by atoms with E-state index in [1.807, 2.05) is 31.2 Å². The molecule has 2 aromatic rings. The van der Waals surface area contributed by atoms with Crippen LogP contribution in [-0.2, 0) is 6.42 Å². The molecule has 0 amide bonds. The van der Waals surface area contributed by atoms with Crippen molar-refractivity contribution in [3.05, 3.63) is 56.5 Å². The van der Waals surface area contributed by atoms with E-state index in [4.69, 9.17) is 33.7 Å². The molecule has 5 heteroatoms. The number of ether oxygens (including phenoxy) is 1. The highest BCUT2D eigenvalue weighted by Crippen LogP contribution is 2.35. The largest absolute Gasteiger partial charge is 0.456 e. The fraction of sp³-hybridized carbons (Fsp3) is 0.200. The van der Waals surface area contributed by atoms with E-state index in [0.717, 1.165) is 10.0 Å². The molecule has 20 heavy (non-hydrogen) atoms. The molecule has 0 bridgehead atoms. The summed E-state index contributed by atoms with van der Waals surface area (Å²) in [6.45, 7) is 1.94. The number of halogens is 3. The molecule has 0 aliphatic carbocycles. The number of nitrogens with two attached hydrogens (primary N) is 1. The third-order valence-corrected chi connectivity index (χ3v) is 3.92. The smallest absolute Gasteiger partial charge is 0.141 e. The SMILES string of the molecule is CC(N)Cc1c(Cl)cccc1Oc1ccc(Cl)cc1Br. The molecule has 2 rings (SSSR count). The van der Waals surface area contributed by atoms with E-state index in [-0.39, 0.29) is 6.04 Å². The Kier molecular flexibility index (Phi) is 5.33. The zero-order valence-corrected chi connectivity index (χ0v) is 14.0. The van der Waals surface area contributed by atoms with Crippen molar-refractivity contribution in [1.29, 1.82) is 0 Å². The minimum absolute atomic E-state index is 0.00547. The van der Waals surface area contributed by atoms with Crippen LogP contribution in [0.4, 0.5) is 0 Å². The Morgan fingerprint density at radius 2 is 1.95 bits per heavy atom. The van der Waals surface area contributed by atoms with E-state index in [1.54, 1.807) is 12.1 Å². The Morgan fingerprint density at radius 1 is 1.20 bits per heavy atom. The van der Waals surface area contributed by atoms with Crippen molar-refractivity contribution < 1.29 is 4.74 Å². The molecule has 0 heterocycles. The highest BCUT2D eigenvalue weighted by Gasteiger charge is 2.12. The van der Waals surface area contributed by atoms with E-state index in [0.29, 0.717) is 28.0 Å². The van der Waals surface area contributed by atoms with Crippen LogP contribution in [0.15, 0.2) is 40.9 Å². The van der Waals surface area contributed by atoms with Gasteiger partial charge in [-0.3, -0.25) is 0 Å². The van der Waals surface area contributed by atoms with Gasteiger partial charge in [0.2, 0.25) is 0 Å². The van der Waals surface area contributed by atoms with Gasteiger partial charge in [-0.25, -0.2) is 0 Å². The van der Waals surface area contributed by atoms with Crippen LogP contribution in [0.1, 0.15) is 12.5 Å². The molecule has 2 aromatic carbocycles. The molecule has 0 aromatic heterocycles. The second-order valence-corrected chi connectivity index (χ2v) is 6.27. The van der Waals surface area contributed by atoms with Crippen LogP contribution >= 0.6 is 39.1 Å². The van der Waals surface area contributed by atoms with Crippen molar-refractivity contribution in [3.63, 3.8) is 0 Å². The fourth-order valence-corrected chi connectivity index (χ4v) is 2.84. The summed E-state index contributed by atoms with van der Waals surface area (Å²) < 4.78 is 6.72. The van der Waals surface area contributed by atoms with Gasteiger partial charge in [-0.2, -0.15) is 0 Å². The molecule has 0 radical (unpaired) electrons. The summed E-state index contributed by atoms with van der Waals surface area (Å²) >= 11 is 15.6. The Labute approximate surface area is 137 Å². The fourth-order valence-electron chi connectivity index (χ4n) is 1.83. The zero-order valence-electron chi connectivity index (χ0n) is 10.9. The lowest BCUT2D eigenvalue weighted by Gasteiger charge is -2.15. The van der Waals surface area contributed by atoms with Crippen LogP contribution in [0.2, 0.25) is 10.0 Å². The van der Waals surface area contributed by atoms with Crippen molar-refractivity contribution >= 4 is 39.1 Å². The lowest BCUT2D eigenvalue weighted by atomic mass is 10.1. The van der Waals surface area contributed by atoms with Gasteiger partial charge in [-0.05, 0) is 59.6 Å². The van der Waals surface area contributed by atoms with E-state index < -0.39 is 0 Å². The number of hydrogen-bond donors (Lipinski definition) is 1. The maximum Gasteiger partial charge on any atom is 0.141 e. The molecule has 1 atom stereocenters. The first-order valence-corrected chi connectivity index (χ1v) is 7.68.